The predicted molar refractivity (Wildman–Crippen MR) is 76.6 cm³/mol. The number of nitrogens with two attached hydrogens (primary N) is 1. The van der Waals surface area contributed by atoms with Crippen LogP contribution in [-0.4, -0.2) is 0 Å². The molecule has 0 saturated heterocycles. The average Bonchev–Trinajstić information content (AvgIpc) is 2.41. The molecule has 0 fully saturated rings. The summed E-state index contributed by atoms with van der Waals surface area (Å²) in [5.41, 5.74) is 3.97. The highest BCUT2D eigenvalue weighted by atomic mass is 35.5. The molecule has 0 amide bonds. The second kappa shape index (κ2) is 6.35. The summed E-state index contributed by atoms with van der Waals surface area (Å²) < 4.78 is 13.7. The Morgan fingerprint density at radius 2 is 1.84 bits per heavy atom. The minimum atomic E-state index is -0.303. The summed E-state index contributed by atoms with van der Waals surface area (Å²) >= 11 is 12.1. The Bertz CT molecular complexity index is 575. The molecule has 0 heterocycles. The van der Waals surface area contributed by atoms with Gasteiger partial charge in [0.15, 0.2) is 0 Å². The first kappa shape index (κ1) is 14.3. The topological polar surface area (TPSA) is 38.0 Å². The largest absolute Gasteiger partial charge is 0.271 e. The van der Waals surface area contributed by atoms with Crippen molar-refractivity contribution in [2.45, 2.75) is 12.5 Å². The summed E-state index contributed by atoms with van der Waals surface area (Å²) in [5, 5.41) is 0.886. The van der Waals surface area contributed by atoms with Crippen LogP contribution in [0.3, 0.4) is 0 Å². The van der Waals surface area contributed by atoms with Gasteiger partial charge in [-0.25, -0.2) is 4.39 Å². The molecule has 5 heteroatoms. The van der Waals surface area contributed by atoms with Gasteiger partial charge in [-0.1, -0.05) is 53.5 Å². The summed E-state index contributed by atoms with van der Waals surface area (Å²) in [6.45, 7) is 0. The highest BCUT2D eigenvalue weighted by molar-refractivity contribution is 6.42. The second-order valence-electron chi connectivity index (χ2n) is 4.16. The number of benzene rings is 2. The molecule has 1 atom stereocenters. The first-order chi connectivity index (χ1) is 9.13. The van der Waals surface area contributed by atoms with Gasteiger partial charge in [0.1, 0.15) is 5.82 Å². The smallest absolute Gasteiger partial charge is 0.126 e. The maximum atomic E-state index is 13.7. The molecule has 2 aromatic rings. The Kier molecular flexibility index (Phi) is 4.77. The van der Waals surface area contributed by atoms with Crippen molar-refractivity contribution in [3.8, 4) is 0 Å². The van der Waals surface area contributed by atoms with Gasteiger partial charge in [0.05, 0.1) is 16.1 Å². The maximum absolute atomic E-state index is 13.7. The van der Waals surface area contributed by atoms with Crippen molar-refractivity contribution in [1.82, 2.24) is 5.43 Å². The van der Waals surface area contributed by atoms with E-state index < -0.39 is 0 Å². The highest BCUT2D eigenvalue weighted by Crippen LogP contribution is 2.31. The van der Waals surface area contributed by atoms with E-state index >= 15 is 0 Å². The summed E-state index contributed by atoms with van der Waals surface area (Å²) in [5.74, 6) is 5.28. The quantitative estimate of drug-likeness (QED) is 0.664. The van der Waals surface area contributed by atoms with Gasteiger partial charge in [0.25, 0.3) is 0 Å². The molecular weight excluding hydrogens is 286 g/mol. The Balaban J connectivity index is 2.31. The SMILES string of the molecule is NNC(Cc1ccccc1F)c1cccc(Cl)c1Cl. The van der Waals surface area contributed by atoms with Crippen LogP contribution in [0.4, 0.5) is 4.39 Å². The van der Waals surface area contributed by atoms with Crippen molar-refractivity contribution in [3.63, 3.8) is 0 Å². The van der Waals surface area contributed by atoms with E-state index in [4.69, 9.17) is 29.0 Å². The lowest BCUT2D eigenvalue weighted by molar-refractivity contribution is 0.529. The van der Waals surface area contributed by atoms with E-state index in [0.717, 1.165) is 5.56 Å². The molecule has 2 nitrogen and oxygen atoms in total. The minimum Gasteiger partial charge on any atom is -0.271 e. The zero-order valence-corrected chi connectivity index (χ0v) is 11.5. The van der Waals surface area contributed by atoms with Gasteiger partial charge in [-0.15, -0.1) is 0 Å². The Morgan fingerprint density at radius 1 is 1.11 bits per heavy atom. The molecule has 0 aromatic heterocycles. The fraction of sp³-hybridized carbons (Fsp3) is 0.143. The third-order valence-corrected chi connectivity index (χ3v) is 3.77. The van der Waals surface area contributed by atoms with Crippen LogP contribution in [0.15, 0.2) is 42.5 Å². The molecule has 0 bridgehead atoms. The van der Waals surface area contributed by atoms with E-state index in [1.165, 1.54) is 6.07 Å². The van der Waals surface area contributed by atoms with Gasteiger partial charge in [0.2, 0.25) is 0 Å². The third-order valence-electron chi connectivity index (χ3n) is 2.94. The monoisotopic (exact) mass is 298 g/mol. The molecule has 0 spiro atoms. The molecule has 1 unspecified atom stereocenters. The number of hydrazine groups is 1. The van der Waals surface area contributed by atoms with Crippen LogP contribution < -0.4 is 11.3 Å². The number of halogens is 3. The Hall–Kier alpha value is -1.13. The number of hydrogen-bond donors (Lipinski definition) is 2. The van der Waals surface area contributed by atoms with Gasteiger partial charge in [-0.3, -0.25) is 11.3 Å². The van der Waals surface area contributed by atoms with Crippen LogP contribution in [0.2, 0.25) is 10.0 Å². The molecule has 0 saturated carbocycles. The van der Waals surface area contributed by atoms with E-state index in [1.807, 2.05) is 6.07 Å². The Labute approximate surface area is 121 Å². The second-order valence-corrected chi connectivity index (χ2v) is 4.94. The normalized spacial score (nSPS) is 12.4. The van der Waals surface area contributed by atoms with E-state index in [9.17, 15) is 4.39 Å². The van der Waals surface area contributed by atoms with Crippen molar-refractivity contribution in [2.24, 2.45) is 5.84 Å². The molecule has 0 aliphatic rings. The van der Waals surface area contributed by atoms with E-state index in [2.05, 4.69) is 5.43 Å². The Morgan fingerprint density at radius 3 is 2.53 bits per heavy atom. The number of nitrogens with one attached hydrogen (secondary N) is 1. The van der Waals surface area contributed by atoms with Gasteiger partial charge in [-0.05, 0) is 29.7 Å². The molecule has 2 rings (SSSR count). The summed E-state index contributed by atoms with van der Waals surface area (Å²) in [6.07, 6.45) is 0.392. The first-order valence-electron chi connectivity index (χ1n) is 5.77. The number of rotatable bonds is 4. The van der Waals surface area contributed by atoms with Crippen LogP contribution in [0.5, 0.6) is 0 Å². The molecule has 3 N–H and O–H groups in total. The predicted octanol–water partition coefficient (Wildman–Crippen LogP) is 3.88. The van der Waals surface area contributed by atoms with Gasteiger partial charge in [0, 0.05) is 0 Å². The van der Waals surface area contributed by atoms with Crippen molar-refractivity contribution in [1.29, 1.82) is 0 Å². The molecule has 2 aromatic carbocycles. The average molecular weight is 299 g/mol. The van der Waals surface area contributed by atoms with Gasteiger partial charge >= 0.3 is 0 Å². The summed E-state index contributed by atoms with van der Waals surface area (Å²) in [4.78, 5) is 0. The van der Waals surface area contributed by atoms with Crippen LogP contribution in [0, 0.1) is 5.82 Å². The van der Waals surface area contributed by atoms with Crippen molar-refractivity contribution in [2.75, 3.05) is 0 Å². The molecule has 0 aliphatic heterocycles. The molecule has 100 valence electrons. The van der Waals surface area contributed by atoms with Crippen molar-refractivity contribution >= 4 is 23.2 Å². The number of hydrogen-bond acceptors (Lipinski definition) is 2. The maximum Gasteiger partial charge on any atom is 0.126 e. The molecule has 0 radical (unpaired) electrons. The lowest BCUT2D eigenvalue weighted by atomic mass is 9.99. The zero-order valence-electron chi connectivity index (χ0n) is 10.0. The van der Waals surface area contributed by atoms with Crippen molar-refractivity contribution < 1.29 is 4.39 Å². The minimum absolute atomic E-state index is 0.263. The van der Waals surface area contributed by atoms with Crippen LogP contribution in [0.1, 0.15) is 17.2 Å². The van der Waals surface area contributed by atoms with Crippen LogP contribution in [0.25, 0.3) is 0 Å². The molecule has 19 heavy (non-hydrogen) atoms. The molecule has 0 aliphatic carbocycles. The molecular formula is C14H13Cl2FN2. The highest BCUT2D eigenvalue weighted by Gasteiger charge is 2.17. The van der Waals surface area contributed by atoms with E-state index in [0.29, 0.717) is 22.0 Å². The van der Waals surface area contributed by atoms with Gasteiger partial charge < -0.3 is 0 Å². The fourth-order valence-corrected chi connectivity index (χ4v) is 2.37. The third kappa shape index (κ3) is 3.25. The first-order valence-corrected chi connectivity index (χ1v) is 6.52. The van der Waals surface area contributed by atoms with Crippen LogP contribution in [-0.2, 0) is 6.42 Å². The lowest BCUT2D eigenvalue weighted by Crippen LogP contribution is -2.30. The van der Waals surface area contributed by atoms with Crippen molar-refractivity contribution in [3.05, 3.63) is 69.5 Å². The van der Waals surface area contributed by atoms with Crippen LogP contribution >= 0.6 is 23.2 Å². The standard InChI is InChI=1S/C14H13Cl2FN2/c15-11-6-3-5-10(14(11)16)13(19-18)8-9-4-1-2-7-12(9)17/h1-7,13,19H,8,18H2. The fourth-order valence-electron chi connectivity index (χ4n) is 1.93. The van der Waals surface area contributed by atoms with Gasteiger partial charge in [-0.2, -0.15) is 0 Å². The summed E-state index contributed by atoms with van der Waals surface area (Å²) in [6, 6.07) is 11.6. The summed E-state index contributed by atoms with van der Waals surface area (Å²) in [7, 11) is 0. The van der Waals surface area contributed by atoms with E-state index in [1.54, 1.807) is 30.3 Å². The zero-order chi connectivity index (χ0) is 13.8. The lowest BCUT2D eigenvalue weighted by Gasteiger charge is -2.18. The van der Waals surface area contributed by atoms with E-state index in [-0.39, 0.29) is 11.9 Å².